The van der Waals surface area contributed by atoms with Crippen LogP contribution in [-0.2, 0) is 6.54 Å². The number of hydrogen-bond acceptors (Lipinski definition) is 2. The predicted molar refractivity (Wildman–Crippen MR) is 72.8 cm³/mol. The summed E-state index contributed by atoms with van der Waals surface area (Å²) in [4.78, 5) is 0. The van der Waals surface area contributed by atoms with Crippen LogP contribution in [0.25, 0.3) is 11.0 Å². The smallest absolute Gasteiger partial charge is 0.137 e. The van der Waals surface area contributed by atoms with Gasteiger partial charge in [0.05, 0.1) is 11.6 Å². The van der Waals surface area contributed by atoms with Gasteiger partial charge in [-0.2, -0.15) is 0 Å². The zero-order chi connectivity index (χ0) is 12.4. The fourth-order valence-corrected chi connectivity index (χ4v) is 2.22. The highest BCUT2D eigenvalue weighted by Gasteiger charge is 2.08. The molecular weight excluding hydrogens is 257 g/mol. The van der Waals surface area contributed by atoms with Crippen LogP contribution >= 0.6 is 23.2 Å². The van der Waals surface area contributed by atoms with Gasteiger partial charge < -0.3 is 9.73 Å². The summed E-state index contributed by atoms with van der Waals surface area (Å²) >= 11 is 12.0. The molecule has 0 aliphatic rings. The molecule has 1 aromatic carbocycles. The second-order valence-corrected chi connectivity index (χ2v) is 5.38. The molecule has 1 heterocycles. The van der Waals surface area contributed by atoms with Gasteiger partial charge in [0.15, 0.2) is 0 Å². The number of fused-ring (bicyclic) bond motifs is 1. The lowest BCUT2D eigenvalue weighted by atomic mass is 10.2. The molecule has 0 amide bonds. The summed E-state index contributed by atoms with van der Waals surface area (Å²) in [7, 11) is 0. The molecule has 0 spiro atoms. The first-order chi connectivity index (χ1) is 8.06. The first-order valence-electron chi connectivity index (χ1n) is 5.64. The van der Waals surface area contributed by atoms with Gasteiger partial charge in [0.2, 0.25) is 0 Å². The van der Waals surface area contributed by atoms with Gasteiger partial charge in [0.25, 0.3) is 0 Å². The van der Waals surface area contributed by atoms with Crippen molar-refractivity contribution >= 4 is 34.2 Å². The Bertz CT molecular complexity index is 519. The van der Waals surface area contributed by atoms with Gasteiger partial charge in [0, 0.05) is 16.5 Å². The third-order valence-electron chi connectivity index (χ3n) is 2.45. The van der Waals surface area contributed by atoms with Crippen LogP contribution in [0.15, 0.2) is 22.6 Å². The Kier molecular flexibility index (Phi) is 3.97. The van der Waals surface area contributed by atoms with Crippen molar-refractivity contribution in [1.82, 2.24) is 5.32 Å². The van der Waals surface area contributed by atoms with Crippen molar-refractivity contribution in [2.45, 2.75) is 20.4 Å². The highest BCUT2D eigenvalue weighted by Crippen LogP contribution is 2.30. The Morgan fingerprint density at radius 1 is 1.24 bits per heavy atom. The van der Waals surface area contributed by atoms with E-state index in [9.17, 15) is 0 Å². The zero-order valence-corrected chi connectivity index (χ0v) is 11.4. The quantitative estimate of drug-likeness (QED) is 0.887. The van der Waals surface area contributed by atoms with Crippen LogP contribution in [-0.4, -0.2) is 6.54 Å². The average Bonchev–Trinajstić information content (AvgIpc) is 2.60. The minimum Gasteiger partial charge on any atom is -0.460 e. The van der Waals surface area contributed by atoms with Crippen molar-refractivity contribution in [1.29, 1.82) is 0 Å². The first-order valence-corrected chi connectivity index (χ1v) is 6.40. The summed E-state index contributed by atoms with van der Waals surface area (Å²) in [6.45, 7) is 6.01. The van der Waals surface area contributed by atoms with Crippen LogP contribution < -0.4 is 5.32 Å². The third-order valence-corrected chi connectivity index (χ3v) is 2.99. The standard InChI is InChI=1S/C13H15Cl2NO/c1-8(2)6-16-7-10-5-11-12(15)3-9(14)4-13(11)17-10/h3-5,8,16H,6-7H2,1-2H3. The number of halogens is 2. The summed E-state index contributed by atoms with van der Waals surface area (Å²) in [6.07, 6.45) is 0. The van der Waals surface area contributed by atoms with Crippen molar-refractivity contribution in [3.05, 3.63) is 34.0 Å². The molecule has 0 saturated carbocycles. The SMILES string of the molecule is CC(C)CNCc1cc2c(Cl)cc(Cl)cc2o1. The van der Waals surface area contributed by atoms with Gasteiger partial charge in [-0.1, -0.05) is 37.0 Å². The lowest BCUT2D eigenvalue weighted by Crippen LogP contribution is -2.18. The molecule has 0 saturated heterocycles. The van der Waals surface area contributed by atoms with Gasteiger partial charge in [-0.05, 0) is 24.6 Å². The molecular formula is C13H15Cl2NO. The summed E-state index contributed by atoms with van der Waals surface area (Å²) in [6, 6.07) is 5.47. The Balaban J connectivity index is 2.17. The Morgan fingerprint density at radius 3 is 2.71 bits per heavy atom. The number of rotatable bonds is 4. The summed E-state index contributed by atoms with van der Waals surface area (Å²) in [5.74, 6) is 1.50. The molecule has 4 heteroatoms. The average molecular weight is 272 g/mol. The van der Waals surface area contributed by atoms with Crippen molar-refractivity contribution < 1.29 is 4.42 Å². The van der Waals surface area contributed by atoms with Crippen LogP contribution in [0.5, 0.6) is 0 Å². The van der Waals surface area contributed by atoms with Crippen LogP contribution in [0.3, 0.4) is 0 Å². The first kappa shape index (κ1) is 12.7. The molecule has 0 unspecified atom stereocenters. The van der Waals surface area contributed by atoms with Crippen LogP contribution in [0, 0.1) is 5.92 Å². The highest BCUT2D eigenvalue weighted by atomic mass is 35.5. The molecule has 1 N–H and O–H groups in total. The molecule has 2 rings (SSSR count). The number of furan rings is 1. The topological polar surface area (TPSA) is 25.2 Å². The van der Waals surface area contributed by atoms with Crippen molar-refractivity contribution in [2.24, 2.45) is 5.92 Å². The Labute approximate surface area is 111 Å². The molecule has 1 aromatic heterocycles. The second-order valence-electron chi connectivity index (χ2n) is 4.54. The maximum Gasteiger partial charge on any atom is 0.137 e. The minimum atomic E-state index is 0.596. The molecule has 0 atom stereocenters. The maximum absolute atomic E-state index is 6.10. The van der Waals surface area contributed by atoms with E-state index >= 15 is 0 Å². The summed E-state index contributed by atoms with van der Waals surface area (Å²) in [5.41, 5.74) is 0.740. The molecule has 0 bridgehead atoms. The molecule has 0 radical (unpaired) electrons. The minimum absolute atomic E-state index is 0.596. The van der Waals surface area contributed by atoms with E-state index in [4.69, 9.17) is 27.6 Å². The van der Waals surface area contributed by atoms with Crippen LogP contribution in [0.2, 0.25) is 10.0 Å². The van der Waals surface area contributed by atoms with Gasteiger partial charge in [-0.25, -0.2) is 0 Å². The Morgan fingerprint density at radius 2 is 2.00 bits per heavy atom. The second kappa shape index (κ2) is 5.30. The predicted octanol–water partition coefficient (Wildman–Crippen LogP) is 4.49. The normalized spacial score (nSPS) is 11.6. The molecule has 0 aliphatic carbocycles. The fourth-order valence-electron chi connectivity index (χ4n) is 1.69. The molecule has 2 aromatic rings. The maximum atomic E-state index is 6.10. The molecule has 2 nitrogen and oxygen atoms in total. The van der Waals surface area contributed by atoms with Gasteiger partial charge in [-0.15, -0.1) is 0 Å². The van der Waals surface area contributed by atoms with Gasteiger partial charge >= 0.3 is 0 Å². The van der Waals surface area contributed by atoms with Crippen molar-refractivity contribution in [3.63, 3.8) is 0 Å². The largest absolute Gasteiger partial charge is 0.460 e. The van der Waals surface area contributed by atoms with E-state index in [1.165, 1.54) is 0 Å². The van der Waals surface area contributed by atoms with E-state index in [0.717, 1.165) is 23.3 Å². The van der Waals surface area contributed by atoms with E-state index in [0.29, 0.717) is 22.5 Å². The monoisotopic (exact) mass is 271 g/mol. The van der Waals surface area contributed by atoms with E-state index < -0.39 is 0 Å². The van der Waals surface area contributed by atoms with Crippen LogP contribution in [0.1, 0.15) is 19.6 Å². The van der Waals surface area contributed by atoms with E-state index in [1.807, 2.05) is 6.07 Å². The summed E-state index contributed by atoms with van der Waals surface area (Å²) in [5, 5.41) is 5.47. The lowest BCUT2D eigenvalue weighted by Gasteiger charge is -2.04. The van der Waals surface area contributed by atoms with E-state index in [1.54, 1.807) is 12.1 Å². The zero-order valence-electron chi connectivity index (χ0n) is 9.89. The molecule has 92 valence electrons. The molecule has 17 heavy (non-hydrogen) atoms. The number of benzene rings is 1. The fraction of sp³-hybridized carbons (Fsp3) is 0.385. The Hall–Kier alpha value is -0.700. The van der Waals surface area contributed by atoms with Gasteiger partial charge in [-0.3, -0.25) is 0 Å². The summed E-state index contributed by atoms with van der Waals surface area (Å²) < 4.78 is 5.68. The van der Waals surface area contributed by atoms with Crippen molar-refractivity contribution in [3.8, 4) is 0 Å². The van der Waals surface area contributed by atoms with Crippen molar-refractivity contribution in [2.75, 3.05) is 6.54 Å². The number of nitrogens with one attached hydrogen (secondary N) is 1. The van der Waals surface area contributed by atoms with E-state index in [2.05, 4.69) is 19.2 Å². The molecule has 0 fully saturated rings. The third kappa shape index (κ3) is 3.15. The molecule has 0 aliphatic heterocycles. The number of hydrogen-bond donors (Lipinski definition) is 1. The van der Waals surface area contributed by atoms with E-state index in [-0.39, 0.29) is 0 Å². The highest BCUT2D eigenvalue weighted by molar-refractivity contribution is 6.38. The van der Waals surface area contributed by atoms with Crippen LogP contribution in [0.4, 0.5) is 0 Å². The van der Waals surface area contributed by atoms with Gasteiger partial charge in [0.1, 0.15) is 11.3 Å². The lowest BCUT2D eigenvalue weighted by molar-refractivity contribution is 0.485.